The molecule has 22 nitrogen and oxygen atoms in total. The molecule has 0 spiro atoms. The molecule has 13 N–H and O–H groups in total. The molecule has 14 unspecified atom stereocenters. The smallest absolute Gasteiger partial charge is 0.220 e. The molecule has 4 heterocycles. The first kappa shape index (κ1) is 77.1. The van der Waals surface area contributed by atoms with Gasteiger partial charge in [-0.15, -0.1) is 0 Å². The first-order valence-corrected chi connectivity index (χ1v) is 31.7. The zero-order chi connectivity index (χ0) is 60.0. The normalized spacial score (nSPS) is 34.8. The fourth-order valence-corrected chi connectivity index (χ4v) is 11.3. The van der Waals surface area contributed by atoms with Crippen molar-refractivity contribution < 1.29 is 143 Å². The quantitative estimate of drug-likeness (QED) is 0.0297. The van der Waals surface area contributed by atoms with Crippen molar-refractivity contribution in [2.75, 3.05) is 26.4 Å². The van der Waals surface area contributed by atoms with Gasteiger partial charge in [-0.2, -0.15) is 0 Å². The summed E-state index contributed by atoms with van der Waals surface area (Å²) in [6.07, 6.45) is 2.59. The van der Waals surface area contributed by atoms with E-state index in [2.05, 4.69) is 19.2 Å². The van der Waals surface area contributed by atoms with Crippen molar-refractivity contribution in [2.24, 2.45) is 0 Å². The van der Waals surface area contributed by atoms with Crippen LogP contribution in [-0.4, -0.2) is 223 Å². The van der Waals surface area contributed by atoms with Gasteiger partial charge in [-0.05, 0) is 39.5 Å². The topological polar surface area (TPSA) is 349 Å². The van der Waals surface area contributed by atoms with Gasteiger partial charge in [0.2, 0.25) is 5.91 Å². The molecule has 4 aliphatic heterocycles. The molecule has 4 saturated heterocycles. The van der Waals surface area contributed by atoms with Crippen molar-refractivity contribution in [1.29, 1.82) is 0 Å². The molecule has 1 radical (unpaired) electrons. The summed E-state index contributed by atoms with van der Waals surface area (Å²) in [5.74, 6) is -0.285. The van der Waals surface area contributed by atoms with Gasteiger partial charge in [0.25, 0.3) is 0 Å². The maximum atomic E-state index is 13.6. The number of carbonyl (C=O) groups excluding carboxylic acids is 1. The number of ether oxygens (including phenoxy) is 8. The summed E-state index contributed by atoms with van der Waals surface area (Å²) in [4.78, 5) is 13.6. The van der Waals surface area contributed by atoms with Gasteiger partial charge in [0, 0.05) is 57.1 Å². The number of allylic oxidation sites excluding steroid dienone is 1. The van der Waals surface area contributed by atoms with Gasteiger partial charge in [0.05, 0.1) is 56.4 Å². The summed E-state index contributed by atoms with van der Waals surface area (Å²) >= 11 is 0. The minimum atomic E-state index is -1.91. The number of amides is 1. The van der Waals surface area contributed by atoms with Crippen LogP contribution < -0.4 is 5.32 Å². The van der Waals surface area contributed by atoms with Crippen molar-refractivity contribution in [3.63, 3.8) is 0 Å². The number of aliphatic hydroxyl groups is 11. The zero-order valence-electron chi connectivity index (χ0n) is 50.4. The van der Waals surface area contributed by atoms with E-state index in [0.717, 1.165) is 44.9 Å². The maximum Gasteiger partial charge on any atom is 0.220 e. The van der Waals surface area contributed by atoms with Crippen LogP contribution in [0.3, 0.4) is 0 Å². The van der Waals surface area contributed by atoms with Gasteiger partial charge in [-0.1, -0.05) is 173 Å². The Labute approximate surface area is 530 Å². The first-order valence-electron chi connectivity index (χ1n) is 31.7. The molecule has 0 bridgehead atoms. The van der Waals surface area contributed by atoms with E-state index >= 15 is 0 Å². The Morgan fingerprint density at radius 3 is 1.53 bits per heavy atom. The summed E-state index contributed by atoms with van der Waals surface area (Å²) in [7, 11) is 0. The van der Waals surface area contributed by atoms with Crippen LogP contribution >= 0.6 is 0 Å². The summed E-state index contributed by atoms with van der Waals surface area (Å²) < 4.78 is 48.5. The molecule has 0 aromatic rings. The van der Waals surface area contributed by atoms with Crippen molar-refractivity contribution in [3.8, 4) is 0 Å². The largest absolute Gasteiger partial charge is 0.668 e. The van der Waals surface area contributed by atoms with Crippen LogP contribution in [0.5, 0.6) is 0 Å². The van der Waals surface area contributed by atoms with E-state index in [1.165, 1.54) is 123 Å². The molecule has 4 rings (SSSR count). The minimum absolute atomic E-state index is 0. The maximum absolute atomic E-state index is 13.6. The molecule has 0 aliphatic carbocycles. The molecule has 22 atom stereocenters. The molecule has 4 aliphatic rings. The molecule has 4 fully saturated rings. The second-order valence-corrected chi connectivity index (χ2v) is 23.6. The number of nitrogens with one attached hydrogen (secondary N) is 2. The van der Waals surface area contributed by atoms with Crippen LogP contribution in [0.2, 0.25) is 0 Å². The fourth-order valence-electron chi connectivity index (χ4n) is 11.3. The molecule has 23 heteroatoms. The van der Waals surface area contributed by atoms with Gasteiger partial charge in [0.1, 0.15) is 79.5 Å². The van der Waals surface area contributed by atoms with E-state index in [0.29, 0.717) is 6.42 Å². The Morgan fingerprint density at radius 1 is 0.518 bits per heavy atom. The van der Waals surface area contributed by atoms with E-state index in [9.17, 15) is 66.7 Å². The van der Waals surface area contributed by atoms with Gasteiger partial charge in [-0.25, -0.2) is 0 Å². The third kappa shape index (κ3) is 26.3. The molecular formula is C60H111AcN2O20-. The Hall–Kier alpha value is -0.148. The van der Waals surface area contributed by atoms with E-state index < -0.39 is 148 Å². The van der Waals surface area contributed by atoms with Crippen LogP contribution in [0, 0.1) is 44.1 Å². The predicted octanol–water partition coefficient (Wildman–Crippen LogP) is 4.41. The van der Waals surface area contributed by atoms with E-state index in [4.69, 9.17) is 37.9 Å². The van der Waals surface area contributed by atoms with Crippen LogP contribution in [0.4, 0.5) is 0 Å². The van der Waals surface area contributed by atoms with Gasteiger partial charge in [0.15, 0.2) is 12.6 Å². The second-order valence-electron chi connectivity index (χ2n) is 23.6. The van der Waals surface area contributed by atoms with Crippen molar-refractivity contribution in [3.05, 3.63) is 17.9 Å². The average molecular weight is 1410 g/mol. The zero-order valence-corrected chi connectivity index (χ0v) is 55.2. The molecule has 0 saturated carbocycles. The first-order chi connectivity index (χ1) is 39.5. The third-order valence-corrected chi connectivity index (χ3v) is 16.7. The number of aliphatic hydroxyl groups excluding tert-OH is 11. The number of hydrogen-bond donors (Lipinski definition) is 12. The fraction of sp³-hybridized carbons (Fsp3) is 0.950. The Morgan fingerprint density at radius 2 is 0.988 bits per heavy atom. The summed E-state index contributed by atoms with van der Waals surface area (Å²) in [6.45, 7) is 5.13. The number of hydrogen-bond acceptors (Lipinski definition) is 20. The Kier molecular flexibility index (Phi) is 40.4. The minimum Gasteiger partial charge on any atom is -0.668 e. The van der Waals surface area contributed by atoms with Crippen molar-refractivity contribution in [1.82, 2.24) is 5.32 Å². The molecule has 1 amide bonds. The number of carbonyl (C=O) groups is 1. The Balaban J connectivity index is 0.0000181. The average Bonchev–Trinajstić information content (AvgIpc) is 3.46. The van der Waals surface area contributed by atoms with Gasteiger partial charge >= 0.3 is 0 Å². The number of unbranched alkanes of at least 4 members (excludes halogenated alkanes) is 23. The molecular weight excluding hydrogens is 1300 g/mol. The SMILES string of the molecule is CCCCCCCCCCCCC/C=C/C(O)C(CO[C@@H]1OC(CO)[C@@H](O[C@@H]2OC(CO)[C@H](O)C(O)C2O[C@@H]2OC(C)[C@@H](O)C(O)C2O)C(OCC[C@@H]2OC(C)C(O)[C@H](O)C2O)C1[NH-])NC(=O)CCCCCCCCCCCCCCC.[Ac]. The second kappa shape index (κ2) is 43.5. The summed E-state index contributed by atoms with van der Waals surface area (Å²) in [6, 6.07) is -2.55. The standard InChI is InChI=1S/C60H111N2O20.Ac/c1-5-7-9-11-13-15-17-19-21-23-25-27-29-31-41(65)40(62-45(66)32-30-28-26-24-22-20-18-16-14-12-10-8-6-2)37-76-58-46(61)56(75-34-33-42-49(69)51(71)47(67)38(3)77-42)55(44(36-64)80-58)81-60-57(53(73)50(70)43(35-63)79-60)82-59-54(74)52(72)48(68)39(4)78-59;/h29,31,38-44,46-61,63-65,67-74H,5-28,30,32-37H2,1-4H3,(H,62,66);/q-1;/b31-29+;/t38?,39?,40?,41?,42-,43?,44?,46?,47?,48+,49?,50-,51-,52?,53?,54?,55+,56?,57?,58+,59-,60-;/m0./s1. The molecule has 83 heavy (non-hydrogen) atoms. The van der Waals surface area contributed by atoms with Crippen LogP contribution in [0.15, 0.2) is 12.2 Å². The third-order valence-electron chi connectivity index (χ3n) is 16.7. The van der Waals surface area contributed by atoms with E-state index in [-0.39, 0.29) is 76.0 Å². The number of rotatable bonds is 42. The predicted molar refractivity (Wildman–Crippen MR) is 305 cm³/mol. The van der Waals surface area contributed by atoms with Crippen LogP contribution in [-0.2, 0) is 42.7 Å². The van der Waals surface area contributed by atoms with Crippen molar-refractivity contribution >= 4 is 5.91 Å². The monoisotopic (exact) mass is 1410 g/mol. The van der Waals surface area contributed by atoms with E-state index in [1.54, 1.807) is 6.08 Å². The van der Waals surface area contributed by atoms with E-state index in [1.807, 2.05) is 6.08 Å². The van der Waals surface area contributed by atoms with Crippen LogP contribution in [0.25, 0.3) is 5.73 Å². The molecule has 0 aromatic heterocycles. The van der Waals surface area contributed by atoms with Crippen LogP contribution in [0.1, 0.15) is 201 Å². The molecule has 485 valence electrons. The Bertz CT molecular complexity index is 1690. The summed E-state index contributed by atoms with van der Waals surface area (Å²) in [5, 5.41) is 122. The molecule has 0 aromatic carbocycles. The summed E-state index contributed by atoms with van der Waals surface area (Å²) in [5.41, 5.74) is 9.57. The van der Waals surface area contributed by atoms with Crippen molar-refractivity contribution in [2.45, 2.75) is 336 Å². The van der Waals surface area contributed by atoms with Gasteiger partial charge < -0.3 is 105 Å². The van der Waals surface area contributed by atoms with Gasteiger partial charge in [-0.3, -0.25) is 4.79 Å².